The van der Waals surface area contributed by atoms with Gasteiger partial charge in [-0.15, -0.1) is 0 Å². The molecule has 2 aromatic rings. The second kappa shape index (κ2) is 3.84. The number of carboxylic acid groups (broad SMARTS) is 1. The van der Waals surface area contributed by atoms with Crippen LogP contribution >= 0.6 is 0 Å². The van der Waals surface area contributed by atoms with Crippen molar-refractivity contribution in [2.45, 2.75) is 13.3 Å². The number of aryl methyl sites for hydroxylation is 1. The van der Waals surface area contributed by atoms with Crippen LogP contribution in [0.2, 0.25) is 0 Å². The number of nitrogens with zero attached hydrogens (tertiary/aromatic N) is 2. The van der Waals surface area contributed by atoms with Gasteiger partial charge in [0, 0.05) is 18.4 Å². The van der Waals surface area contributed by atoms with Crippen LogP contribution in [-0.2, 0) is 18.3 Å². The first-order valence-electron chi connectivity index (χ1n) is 4.96. The molecule has 0 aliphatic carbocycles. The molecular formula is C11H13N3O2. The minimum absolute atomic E-state index is 0.0277. The van der Waals surface area contributed by atoms with Crippen molar-refractivity contribution in [2.75, 3.05) is 0 Å². The Labute approximate surface area is 92.7 Å². The summed E-state index contributed by atoms with van der Waals surface area (Å²) in [6.45, 7) is 1.93. The molecule has 0 radical (unpaired) electrons. The summed E-state index contributed by atoms with van der Waals surface area (Å²) in [7, 11) is 1.84. The van der Waals surface area contributed by atoms with Crippen LogP contribution in [0.4, 0.5) is 0 Å². The Hall–Kier alpha value is -2.04. The summed E-state index contributed by atoms with van der Waals surface area (Å²) in [4.78, 5) is 10.6. The lowest BCUT2D eigenvalue weighted by atomic mass is 10.3. The molecule has 0 spiro atoms. The maximum absolute atomic E-state index is 10.6. The van der Waals surface area contributed by atoms with Gasteiger partial charge in [-0.25, -0.2) is 0 Å². The molecule has 2 aromatic heterocycles. The summed E-state index contributed by atoms with van der Waals surface area (Å²) >= 11 is 0. The molecule has 0 atom stereocenters. The van der Waals surface area contributed by atoms with E-state index in [1.165, 1.54) is 0 Å². The number of nitrogens with one attached hydrogen (secondary N) is 1. The van der Waals surface area contributed by atoms with Gasteiger partial charge < -0.3 is 9.67 Å². The zero-order chi connectivity index (χ0) is 11.7. The molecule has 0 aliphatic heterocycles. The Bertz CT molecular complexity index is 525. The molecule has 5 heteroatoms. The van der Waals surface area contributed by atoms with Crippen LogP contribution in [0.5, 0.6) is 0 Å². The van der Waals surface area contributed by atoms with Gasteiger partial charge in [-0.2, -0.15) is 5.10 Å². The molecule has 0 saturated carbocycles. The van der Waals surface area contributed by atoms with Gasteiger partial charge in [-0.1, -0.05) is 0 Å². The molecular weight excluding hydrogens is 206 g/mol. The highest BCUT2D eigenvalue weighted by molar-refractivity contribution is 5.70. The number of carbonyl (C=O) groups is 1. The Kier molecular flexibility index (Phi) is 2.52. The average molecular weight is 219 g/mol. The zero-order valence-electron chi connectivity index (χ0n) is 9.19. The van der Waals surface area contributed by atoms with Crippen LogP contribution in [0.3, 0.4) is 0 Å². The van der Waals surface area contributed by atoms with E-state index in [9.17, 15) is 4.79 Å². The fourth-order valence-electron chi connectivity index (χ4n) is 1.69. The molecule has 16 heavy (non-hydrogen) atoms. The van der Waals surface area contributed by atoms with Crippen LogP contribution in [0, 0.1) is 6.92 Å². The molecule has 0 fully saturated rings. The highest BCUT2D eigenvalue weighted by Gasteiger charge is 2.11. The maximum Gasteiger partial charge on any atom is 0.309 e. The summed E-state index contributed by atoms with van der Waals surface area (Å²) in [6.07, 6.45) is 0.0277. The van der Waals surface area contributed by atoms with Gasteiger partial charge in [0.2, 0.25) is 0 Å². The van der Waals surface area contributed by atoms with Gasteiger partial charge in [-0.3, -0.25) is 9.89 Å². The minimum Gasteiger partial charge on any atom is -0.481 e. The van der Waals surface area contributed by atoms with Crippen LogP contribution < -0.4 is 0 Å². The first-order valence-corrected chi connectivity index (χ1v) is 4.96. The topological polar surface area (TPSA) is 70.9 Å². The van der Waals surface area contributed by atoms with Crippen molar-refractivity contribution in [3.8, 4) is 11.4 Å². The van der Waals surface area contributed by atoms with Crippen LogP contribution in [0.15, 0.2) is 18.2 Å². The molecule has 0 unspecified atom stereocenters. The second-order valence-corrected chi connectivity index (χ2v) is 3.78. The summed E-state index contributed by atoms with van der Waals surface area (Å²) in [5.41, 5.74) is 3.50. The lowest BCUT2D eigenvalue weighted by Crippen LogP contribution is -2.05. The van der Waals surface area contributed by atoms with Crippen LogP contribution in [0.25, 0.3) is 11.4 Å². The Balaban J connectivity index is 2.36. The van der Waals surface area contributed by atoms with E-state index in [-0.39, 0.29) is 6.42 Å². The van der Waals surface area contributed by atoms with E-state index in [0.29, 0.717) is 0 Å². The normalized spacial score (nSPS) is 10.6. The SMILES string of the molecule is Cc1cc(-c2ccc(CC(=O)O)n2C)n[nH]1. The average Bonchev–Trinajstić information content (AvgIpc) is 2.74. The molecule has 0 aliphatic rings. The molecule has 5 nitrogen and oxygen atoms in total. The maximum atomic E-state index is 10.6. The third-order valence-corrected chi connectivity index (χ3v) is 2.53. The van der Waals surface area contributed by atoms with Gasteiger partial charge >= 0.3 is 5.97 Å². The minimum atomic E-state index is -0.828. The number of carboxylic acids is 1. The zero-order valence-corrected chi connectivity index (χ0v) is 9.19. The molecule has 2 rings (SSSR count). The van der Waals surface area contributed by atoms with E-state index < -0.39 is 5.97 Å². The van der Waals surface area contributed by atoms with Crippen molar-refractivity contribution in [3.05, 3.63) is 29.6 Å². The molecule has 0 saturated heterocycles. The number of hydrogen-bond donors (Lipinski definition) is 2. The van der Waals surface area contributed by atoms with Crippen LogP contribution in [-0.4, -0.2) is 25.8 Å². The Morgan fingerprint density at radius 3 is 2.88 bits per heavy atom. The number of H-pyrrole nitrogens is 1. The van der Waals surface area contributed by atoms with E-state index in [4.69, 9.17) is 5.11 Å². The number of aromatic amines is 1. The Morgan fingerprint density at radius 2 is 2.31 bits per heavy atom. The van der Waals surface area contributed by atoms with E-state index >= 15 is 0 Å². The van der Waals surface area contributed by atoms with Gasteiger partial charge in [0.05, 0.1) is 12.1 Å². The van der Waals surface area contributed by atoms with Crippen molar-refractivity contribution < 1.29 is 9.90 Å². The van der Waals surface area contributed by atoms with Gasteiger partial charge in [0.15, 0.2) is 0 Å². The van der Waals surface area contributed by atoms with Crippen molar-refractivity contribution in [2.24, 2.45) is 7.05 Å². The van der Waals surface area contributed by atoms with Gasteiger partial charge in [0.25, 0.3) is 0 Å². The van der Waals surface area contributed by atoms with Gasteiger partial charge in [0.1, 0.15) is 5.69 Å². The van der Waals surface area contributed by atoms with E-state index in [1.807, 2.05) is 36.7 Å². The predicted molar refractivity (Wildman–Crippen MR) is 59.1 cm³/mol. The molecule has 0 bridgehead atoms. The third-order valence-electron chi connectivity index (χ3n) is 2.53. The van der Waals surface area contributed by atoms with Crippen molar-refractivity contribution in [1.82, 2.24) is 14.8 Å². The number of hydrogen-bond acceptors (Lipinski definition) is 2. The van der Waals surface area contributed by atoms with Crippen LogP contribution in [0.1, 0.15) is 11.4 Å². The number of aromatic nitrogens is 3. The van der Waals surface area contributed by atoms with E-state index in [0.717, 1.165) is 22.8 Å². The Morgan fingerprint density at radius 1 is 1.56 bits per heavy atom. The molecule has 2 N–H and O–H groups in total. The first-order chi connectivity index (χ1) is 7.58. The smallest absolute Gasteiger partial charge is 0.309 e. The quantitative estimate of drug-likeness (QED) is 0.818. The summed E-state index contributed by atoms with van der Waals surface area (Å²) < 4.78 is 1.85. The summed E-state index contributed by atoms with van der Waals surface area (Å²) in [5, 5.41) is 15.8. The summed E-state index contributed by atoms with van der Waals surface area (Å²) in [5.74, 6) is -0.828. The highest BCUT2D eigenvalue weighted by atomic mass is 16.4. The lowest BCUT2D eigenvalue weighted by molar-refractivity contribution is -0.136. The molecule has 0 amide bonds. The molecule has 2 heterocycles. The van der Waals surface area contributed by atoms with Crippen molar-refractivity contribution in [3.63, 3.8) is 0 Å². The largest absolute Gasteiger partial charge is 0.481 e. The predicted octanol–water partition coefficient (Wildman–Crippen LogP) is 1.35. The lowest BCUT2D eigenvalue weighted by Gasteiger charge is -2.03. The third kappa shape index (κ3) is 1.84. The molecule has 84 valence electrons. The van der Waals surface area contributed by atoms with E-state index in [1.54, 1.807) is 0 Å². The highest BCUT2D eigenvalue weighted by Crippen LogP contribution is 2.20. The fraction of sp³-hybridized carbons (Fsp3) is 0.273. The number of rotatable bonds is 3. The summed E-state index contributed by atoms with van der Waals surface area (Å²) in [6, 6.07) is 5.63. The standard InChI is InChI=1S/C11H13N3O2/c1-7-5-9(13-12-7)10-4-3-8(14(10)2)6-11(15)16/h3-5H,6H2,1-2H3,(H,12,13)(H,15,16). The first kappa shape index (κ1) is 10.5. The van der Waals surface area contributed by atoms with Crippen molar-refractivity contribution >= 4 is 5.97 Å². The number of aliphatic carboxylic acids is 1. The van der Waals surface area contributed by atoms with Crippen molar-refractivity contribution in [1.29, 1.82) is 0 Å². The molecule has 0 aromatic carbocycles. The monoisotopic (exact) mass is 219 g/mol. The van der Waals surface area contributed by atoms with E-state index in [2.05, 4.69) is 10.2 Å². The second-order valence-electron chi connectivity index (χ2n) is 3.78. The van der Waals surface area contributed by atoms with Gasteiger partial charge in [-0.05, 0) is 25.1 Å². The fourth-order valence-corrected chi connectivity index (χ4v) is 1.69.